The normalized spacial score (nSPS) is 17.7. The van der Waals surface area contributed by atoms with E-state index >= 15 is 0 Å². The Balaban J connectivity index is 1.78. The maximum absolute atomic E-state index is 12.0. The number of fused-ring (bicyclic) bond motifs is 1. The van der Waals surface area contributed by atoms with E-state index in [0.29, 0.717) is 19.6 Å². The Morgan fingerprint density at radius 2 is 2.12 bits per heavy atom. The van der Waals surface area contributed by atoms with Gasteiger partial charge in [-0.3, -0.25) is 9.59 Å². The van der Waals surface area contributed by atoms with Crippen molar-refractivity contribution in [3.05, 3.63) is 24.0 Å². The van der Waals surface area contributed by atoms with Gasteiger partial charge in [-0.15, -0.1) is 0 Å². The van der Waals surface area contributed by atoms with E-state index in [1.807, 2.05) is 42.5 Å². The van der Waals surface area contributed by atoms with E-state index in [2.05, 4.69) is 10.3 Å². The lowest BCUT2D eigenvalue weighted by Gasteiger charge is -2.17. The molecule has 1 N–H and O–H groups in total. The van der Waals surface area contributed by atoms with Crippen LogP contribution in [0.3, 0.4) is 0 Å². The molecule has 7 nitrogen and oxygen atoms in total. The third-order valence-electron chi connectivity index (χ3n) is 4.85. The van der Waals surface area contributed by atoms with Crippen LogP contribution in [0.25, 0.3) is 11.0 Å². The van der Waals surface area contributed by atoms with Gasteiger partial charge in [0.15, 0.2) is 5.65 Å². The first-order valence-corrected chi connectivity index (χ1v) is 9.12. The molecular formula is C19H27N5O2. The quantitative estimate of drug-likeness (QED) is 0.907. The minimum atomic E-state index is -0.407. The number of rotatable bonds is 4. The van der Waals surface area contributed by atoms with Gasteiger partial charge in [-0.05, 0) is 18.6 Å². The van der Waals surface area contributed by atoms with Crippen molar-refractivity contribution >= 4 is 22.8 Å². The number of hydrogen-bond donors (Lipinski definition) is 1. The highest BCUT2D eigenvalue weighted by molar-refractivity contribution is 5.81. The summed E-state index contributed by atoms with van der Waals surface area (Å²) in [7, 11) is 0. The van der Waals surface area contributed by atoms with Crippen LogP contribution in [0, 0.1) is 5.41 Å². The Morgan fingerprint density at radius 3 is 2.77 bits per heavy atom. The molecule has 140 valence electrons. The standard InChI is InChI=1S/C19H27N5O2/c1-13(25)23-10-7-14(12-23)16-15-6-5-8-20-17(15)24(22-16)11-9-21-18(26)19(2,3)4/h5-6,8,14H,7,9-12H2,1-4H3,(H,21,26). The zero-order chi connectivity index (χ0) is 18.9. The Labute approximate surface area is 153 Å². The van der Waals surface area contributed by atoms with E-state index in [4.69, 9.17) is 5.10 Å². The Morgan fingerprint density at radius 1 is 1.35 bits per heavy atom. The molecule has 0 aromatic carbocycles. The Kier molecular flexibility index (Phi) is 4.98. The molecule has 0 aliphatic carbocycles. The second kappa shape index (κ2) is 7.05. The lowest BCUT2D eigenvalue weighted by atomic mass is 9.96. The average Bonchev–Trinajstić information content (AvgIpc) is 3.19. The zero-order valence-electron chi connectivity index (χ0n) is 16.0. The topological polar surface area (TPSA) is 80.1 Å². The van der Waals surface area contributed by atoms with Crippen molar-refractivity contribution in [1.82, 2.24) is 25.0 Å². The van der Waals surface area contributed by atoms with Crippen molar-refractivity contribution in [1.29, 1.82) is 0 Å². The highest BCUT2D eigenvalue weighted by atomic mass is 16.2. The van der Waals surface area contributed by atoms with Crippen LogP contribution in [0.15, 0.2) is 18.3 Å². The van der Waals surface area contributed by atoms with E-state index in [1.165, 1.54) is 0 Å². The van der Waals surface area contributed by atoms with Crippen LogP contribution in [0.4, 0.5) is 0 Å². The molecule has 3 rings (SSSR count). The average molecular weight is 357 g/mol. The molecule has 1 aliphatic heterocycles. The van der Waals surface area contributed by atoms with Crippen molar-refractivity contribution in [2.45, 2.75) is 46.6 Å². The van der Waals surface area contributed by atoms with Crippen molar-refractivity contribution in [3.63, 3.8) is 0 Å². The first kappa shape index (κ1) is 18.4. The van der Waals surface area contributed by atoms with Gasteiger partial charge in [-0.1, -0.05) is 20.8 Å². The van der Waals surface area contributed by atoms with E-state index < -0.39 is 5.41 Å². The number of aromatic nitrogens is 3. The van der Waals surface area contributed by atoms with Crippen LogP contribution in [0.5, 0.6) is 0 Å². The van der Waals surface area contributed by atoms with Gasteiger partial charge in [0, 0.05) is 49.5 Å². The number of amides is 2. The summed E-state index contributed by atoms with van der Waals surface area (Å²) in [6.07, 6.45) is 2.68. The minimum absolute atomic E-state index is 0.0232. The summed E-state index contributed by atoms with van der Waals surface area (Å²) < 4.78 is 1.87. The van der Waals surface area contributed by atoms with Gasteiger partial charge in [0.2, 0.25) is 11.8 Å². The molecular weight excluding hydrogens is 330 g/mol. The molecule has 1 saturated heterocycles. The van der Waals surface area contributed by atoms with E-state index in [0.717, 1.165) is 29.7 Å². The predicted molar refractivity (Wildman–Crippen MR) is 99.6 cm³/mol. The van der Waals surface area contributed by atoms with Crippen molar-refractivity contribution in [2.24, 2.45) is 5.41 Å². The van der Waals surface area contributed by atoms with Gasteiger partial charge in [0.05, 0.1) is 12.2 Å². The number of hydrogen-bond acceptors (Lipinski definition) is 4. The number of likely N-dealkylation sites (tertiary alicyclic amines) is 1. The fourth-order valence-corrected chi connectivity index (χ4v) is 3.30. The first-order valence-electron chi connectivity index (χ1n) is 9.12. The third-order valence-corrected chi connectivity index (χ3v) is 4.85. The molecule has 0 bridgehead atoms. The van der Waals surface area contributed by atoms with Gasteiger partial charge < -0.3 is 10.2 Å². The second-order valence-electron chi connectivity index (χ2n) is 7.94. The monoisotopic (exact) mass is 357 g/mol. The second-order valence-corrected chi connectivity index (χ2v) is 7.94. The fraction of sp³-hybridized carbons (Fsp3) is 0.579. The van der Waals surface area contributed by atoms with Gasteiger partial charge in [0.1, 0.15) is 0 Å². The molecule has 0 saturated carbocycles. The molecule has 0 radical (unpaired) electrons. The smallest absolute Gasteiger partial charge is 0.225 e. The van der Waals surface area contributed by atoms with Crippen LogP contribution in [0.1, 0.15) is 45.7 Å². The molecule has 26 heavy (non-hydrogen) atoms. The molecule has 1 aliphatic rings. The number of carbonyl (C=O) groups excluding carboxylic acids is 2. The summed E-state index contributed by atoms with van der Waals surface area (Å²) in [5.74, 6) is 0.366. The highest BCUT2D eigenvalue weighted by Gasteiger charge is 2.29. The predicted octanol–water partition coefficient (Wildman–Crippen LogP) is 1.93. The fourth-order valence-electron chi connectivity index (χ4n) is 3.30. The minimum Gasteiger partial charge on any atom is -0.354 e. The van der Waals surface area contributed by atoms with Crippen LogP contribution < -0.4 is 5.32 Å². The summed E-state index contributed by atoms with van der Waals surface area (Å²) in [5.41, 5.74) is 1.42. The van der Waals surface area contributed by atoms with E-state index in [1.54, 1.807) is 13.1 Å². The maximum atomic E-state index is 12.0. The summed E-state index contributed by atoms with van der Waals surface area (Å²) in [5, 5.41) is 8.78. The number of nitrogens with zero attached hydrogens (tertiary/aromatic N) is 4. The summed E-state index contributed by atoms with van der Waals surface area (Å²) in [4.78, 5) is 30.0. The maximum Gasteiger partial charge on any atom is 0.225 e. The summed E-state index contributed by atoms with van der Waals surface area (Å²) >= 11 is 0. The Hall–Kier alpha value is -2.44. The lowest BCUT2D eigenvalue weighted by molar-refractivity contribution is -0.128. The van der Waals surface area contributed by atoms with Crippen LogP contribution in [-0.4, -0.2) is 51.1 Å². The van der Waals surface area contributed by atoms with Crippen molar-refractivity contribution in [3.8, 4) is 0 Å². The molecule has 1 fully saturated rings. The van der Waals surface area contributed by atoms with Gasteiger partial charge in [0.25, 0.3) is 0 Å². The zero-order valence-corrected chi connectivity index (χ0v) is 16.0. The summed E-state index contributed by atoms with van der Waals surface area (Å²) in [6.45, 7) is 9.85. The van der Waals surface area contributed by atoms with E-state index in [9.17, 15) is 9.59 Å². The lowest BCUT2D eigenvalue weighted by Crippen LogP contribution is -2.36. The van der Waals surface area contributed by atoms with Gasteiger partial charge in [-0.2, -0.15) is 5.10 Å². The van der Waals surface area contributed by atoms with Gasteiger partial charge in [-0.25, -0.2) is 9.67 Å². The number of nitrogens with one attached hydrogen (secondary N) is 1. The number of carbonyl (C=O) groups is 2. The molecule has 1 atom stereocenters. The highest BCUT2D eigenvalue weighted by Crippen LogP contribution is 2.31. The van der Waals surface area contributed by atoms with E-state index in [-0.39, 0.29) is 17.7 Å². The largest absolute Gasteiger partial charge is 0.354 e. The first-order chi connectivity index (χ1) is 12.3. The molecule has 3 heterocycles. The van der Waals surface area contributed by atoms with Crippen LogP contribution in [0.2, 0.25) is 0 Å². The molecule has 7 heteroatoms. The molecule has 2 aromatic rings. The van der Waals surface area contributed by atoms with Crippen LogP contribution in [-0.2, 0) is 16.1 Å². The van der Waals surface area contributed by atoms with Crippen LogP contribution >= 0.6 is 0 Å². The molecule has 2 aromatic heterocycles. The molecule has 1 unspecified atom stereocenters. The molecule has 2 amide bonds. The van der Waals surface area contributed by atoms with Crippen molar-refractivity contribution in [2.75, 3.05) is 19.6 Å². The Bertz CT molecular complexity index is 821. The summed E-state index contributed by atoms with van der Waals surface area (Å²) in [6, 6.07) is 3.95. The SMILES string of the molecule is CC(=O)N1CCC(c2nn(CCNC(=O)C(C)(C)C)c3ncccc23)C1. The van der Waals surface area contributed by atoms with Gasteiger partial charge >= 0.3 is 0 Å². The third kappa shape index (κ3) is 3.71. The number of pyridine rings is 1. The molecule has 0 spiro atoms. The van der Waals surface area contributed by atoms with Crippen molar-refractivity contribution < 1.29 is 9.59 Å².